The molecule has 2 nitrogen and oxygen atoms in total. The van der Waals surface area contributed by atoms with Crippen LogP contribution in [0.4, 0.5) is 0 Å². The van der Waals surface area contributed by atoms with E-state index in [0.717, 1.165) is 20.0 Å². The number of carbonyl (C=O) groups excluding carboxylic acids is 1. The molecule has 0 unspecified atom stereocenters. The predicted molar refractivity (Wildman–Crippen MR) is 77.8 cm³/mol. The Morgan fingerprint density at radius 1 is 1.21 bits per heavy atom. The standard InChI is InChI=1S/C15H11ClNOS/c16-15-8-12-9-17(7-6-14(12)19-15)10-13(18)11-4-2-1-3-5-11/h1-9H,10H2/q+1. The number of ketones is 1. The van der Waals surface area contributed by atoms with Gasteiger partial charge in [0.1, 0.15) is 0 Å². The lowest BCUT2D eigenvalue weighted by Gasteiger charge is -1.97. The molecule has 0 radical (unpaired) electrons. The molecule has 0 spiro atoms. The monoisotopic (exact) mass is 288 g/mol. The van der Waals surface area contributed by atoms with Crippen molar-refractivity contribution in [3.8, 4) is 0 Å². The van der Waals surface area contributed by atoms with Crippen LogP contribution in [-0.4, -0.2) is 5.78 Å². The minimum atomic E-state index is 0.103. The van der Waals surface area contributed by atoms with Crippen LogP contribution in [0.1, 0.15) is 10.4 Å². The molecular weight excluding hydrogens is 278 g/mol. The molecule has 0 aliphatic heterocycles. The minimum Gasteiger partial charge on any atom is -0.287 e. The zero-order chi connectivity index (χ0) is 13.2. The van der Waals surface area contributed by atoms with Crippen LogP contribution in [-0.2, 0) is 6.54 Å². The number of benzene rings is 1. The summed E-state index contributed by atoms with van der Waals surface area (Å²) in [5.41, 5.74) is 0.735. The van der Waals surface area contributed by atoms with E-state index in [1.807, 2.05) is 59.4 Å². The van der Waals surface area contributed by atoms with E-state index in [1.165, 1.54) is 0 Å². The fourth-order valence-corrected chi connectivity index (χ4v) is 3.10. The van der Waals surface area contributed by atoms with Crippen LogP contribution in [0.25, 0.3) is 10.1 Å². The van der Waals surface area contributed by atoms with Crippen molar-refractivity contribution in [1.29, 1.82) is 0 Å². The topological polar surface area (TPSA) is 20.9 Å². The summed E-state index contributed by atoms with van der Waals surface area (Å²) in [6.07, 6.45) is 3.87. The average molecular weight is 289 g/mol. The maximum Gasteiger partial charge on any atom is 0.227 e. The molecule has 0 bridgehead atoms. The summed E-state index contributed by atoms with van der Waals surface area (Å²) in [7, 11) is 0. The normalized spacial score (nSPS) is 10.8. The van der Waals surface area contributed by atoms with Crippen molar-refractivity contribution in [3.63, 3.8) is 0 Å². The van der Waals surface area contributed by atoms with E-state index in [2.05, 4.69) is 0 Å². The summed E-state index contributed by atoms with van der Waals surface area (Å²) in [5.74, 6) is 0.103. The van der Waals surface area contributed by atoms with Crippen molar-refractivity contribution in [1.82, 2.24) is 0 Å². The van der Waals surface area contributed by atoms with Gasteiger partial charge in [-0.05, 0) is 6.07 Å². The number of Topliss-reactive ketones (excluding diaryl/α,β-unsaturated/α-hetero) is 1. The van der Waals surface area contributed by atoms with Gasteiger partial charge in [-0.3, -0.25) is 4.79 Å². The zero-order valence-electron chi connectivity index (χ0n) is 10.0. The molecule has 2 aromatic heterocycles. The van der Waals surface area contributed by atoms with E-state index in [0.29, 0.717) is 6.54 Å². The molecule has 0 N–H and O–H groups in total. The number of carbonyl (C=O) groups is 1. The van der Waals surface area contributed by atoms with Gasteiger partial charge < -0.3 is 0 Å². The first-order valence-corrected chi connectivity index (χ1v) is 7.08. The fraction of sp³-hybridized carbons (Fsp3) is 0.0667. The van der Waals surface area contributed by atoms with Gasteiger partial charge >= 0.3 is 0 Å². The molecule has 0 amide bonds. The Balaban J connectivity index is 1.87. The smallest absolute Gasteiger partial charge is 0.227 e. The highest BCUT2D eigenvalue weighted by molar-refractivity contribution is 7.22. The lowest BCUT2D eigenvalue weighted by molar-refractivity contribution is -0.681. The number of fused-ring (bicyclic) bond motifs is 1. The third-order valence-corrected chi connectivity index (χ3v) is 4.15. The lowest BCUT2D eigenvalue weighted by atomic mass is 10.1. The molecule has 0 fully saturated rings. The van der Waals surface area contributed by atoms with Crippen LogP contribution < -0.4 is 4.57 Å². The number of thiophene rings is 1. The molecule has 0 aliphatic rings. The van der Waals surface area contributed by atoms with Crippen LogP contribution in [0.5, 0.6) is 0 Å². The van der Waals surface area contributed by atoms with Crippen molar-refractivity contribution >= 4 is 38.8 Å². The number of hydrogen-bond acceptors (Lipinski definition) is 2. The third-order valence-electron chi connectivity index (χ3n) is 2.91. The number of halogens is 1. The maximum atomic E-state index is 12.1. The summed E-state index contributed by atoms with van der Waals surface area (Å²) >= 11 is 7.52. The molecule has 19 heavy (non-hydrogen) atoms. The van der Waals surface area contributed by atoms with E-state index < -0.39 is 0 Å². The minimum absolute atomic E-state index is 0.103. The highest BCUT2D eigenvalue weighted by Crippen LogP contribution is 2.27. The van der Waals surface area contributed by atoms with E-state index in [4.69, 9.17) is 11.6 Å². The van der Waals surface area contributed by atoms with Crippen LogP contribution in [0.15, 0.2) is 54.9 Å². The maximum absolute atomic E-state index is 12.1. The Labute approximate surface area is 119 Å². The van der Waals surface area contributed by atoms with E-state index in [-0.39, 0.29) is 5.78 Å². The molecule has 2 heterocycles. The number of hydrogen-bond donors (Lipinski definition) is 0. The molecule has 0 saturated heterocycles. The Morgan fingerprint density at radius 3 is 2.79 bits per heavy atom. The zero-order valence-corrected chi connectivity index (χ0v) is 11.6. The first-order valence-electron chi connectivity index (χ1n) is 5.89. The van der Waals surface area contributed by atoms with E-state index >= 15 is 0 Å². The van der Waals surface area contributed by atoms with Crippen LogP contribution in [0.3, 0.4) is 0 Å². The molecule has 3 aromatic rings. The number of aromatic nitrogens is 1. The van der Waals surface area contributed by atoms with Crippen molar-refractivity contribution in [2.24, 2.45) is 0 Å². The molecule has 1 aromatic carbocycles. The second-order valence-electron chi connectivity index (χ2n) is 4.28. The number of nitrogens with zero attached hydrogens (tertiary/aromatic N) is 1. The highest BCUT2D eigenvalue weighted by Gasteiger charge is 2.13. The Kier molecular flexibility index (Phi) is 3.32. The summed E-state index contributed by atoms with van der Waals surface area (Å²) in [4.78, 5) is 12.1. The number of pyridine rings is 1. The SMILES string of the molecule is O=C(C[n+]1ccc2sc(Cl)cc2c1)c1ccccc1. The van der Waals surface area contributed by atoms with Crippen molar-refractivity contribution < 1.29 is 9.36 Å². The summed E-state index contributed by atoms with van der Waals surface area (Å²) in [6, 6.07) is 13.2. The van der Waals surface area contributed by atoms with Crippen molar-refractivity contribution in [3.05, 3.63) is 64.8 Å². The van der Waals surface area contributed by atoms with Gasteiger partial charge in [0.15, 0.2) is 12.4 Å². The second kappa shape index (κ2) is 5.11. The molecular formula is C15H11ClNOS+. The summed E-state index contributed by atoms with van der Waals surface area (Å²) in [6.45, 7) is 0.341. The predicted octanol–water partition coefficient (Wildman–Crippen LogP) is 3.73. The van der Waals surface area contributed by atoms with Crippen LogP contribution in [0, 0.1) is 0 Å². The van der Waals surface area contributed by atoms with Gasteiger partial charge in [0.2, 0.25) is 12.3 Å². The van der Waals surface area contributed by atoms with Gasteiger partial charge in [-0.2, -0.15) is 4.57 Å². The highest BCUT2D eigenvalue weighted by atomic mass is 35.5. The van der Waals surface area contributed by atoms with Gasteiger partial charge in [-0.15, -0.1) is 11.3 Å². The molecule has 0 saturated carbocycles. The largest absolute Gasteiger partial charge is 0.287 e. The molecule has 94 valence electrons. The van der Waals surface area contributed by atoms with Crippen LogP contribution in [0.2, 0.25) is 4.34 Å². The van der Waals surface area contributed by atoms with E-state index in [9.17, 15) is 4.79 Å². The van der Waals surface area contributed by atoms with E-state index in [1.54, 1.807) is 11.3 Å². The molecule has 4 heteroatoms. The quantitative estimate of drug-likeness (QED) is 0.531. The number of rotatable bonds is 3. The third kappa shape index (κ3) is 2.67. The molecule has 0 aliphatic carbocycles. The summed E-state index contributed by atoms with van der Waals surface area (Å²) in [5, 5.41) is 1.07. The Morgan fingerprint density at radius 2 is 2.00 bits per heavy atom. The van der Waals surface area contributed by atoms with Gasteiger partial charge in [0.25, 0.3) is 0 Å². The van der Waals surface area contributed by atoms with Gasteiger partial charge in [0, 0.05) is 16.3 Å². The molecule has 3 rings (SSSR count). The van der Waals surface area contributed by atoms with Crippen LogP contribution >= 0.6 is 22.9 Å². The van der Waals surface area contributed by atoms with Crippen molar-refractivity contribution in [2.45, 2.75) is 6.54 Å². The second-order valence-corrected chi connectivity index (χ2v) is 5.99. The van der Waals surface area contributed by atoms with Gasteiger partial charge in [-0.1, -0.05) is 41.9 Å². The fourth-order valence-electron chi connectivity index (χ4n) is 1.98. The average Bonchev–Trinajstić information content (AvgIpc) is 2.79. The Hall–Kier alpha value is -1.71. The lowest BCUT2D eigenvalue weighted by Crippen LogP contribution is -2.36. The molecule has 0 atom stereocenters. The van der Waals surface area contributed by atoms with Gasteiger partial charge in [-0.25, -0.2) is 0 Å². The van der Waals surface area contributed by atoms with Gasteiger partial charge in [0.05, 0.1) is 9.72 Å². The first kappa shape index (κ1) is 12.3. The first-order chi connectivity index (χ1) is 9.22. The Bertz CT molecular complexity index is 736. The van der Waals surface area contributed by atoms with Crippen molar-refractivity contribution in [2.75, 3.05) is 0 Å². The summed E-state index contributed by atoms with van der Waals surface area (Å²) < 4.78 is 3.79.